The molecule has 1 unspecified atom stereocenters. The number of ketones is 1. The number of hydrogen-bond acceptors (Lipinski definition) is 13. The van der Waals surface area contributed by atoms with Crippen molar-refractivity contribution in [3.63, 3.8) is 0 Å². The molecule has 6 aromatic rings. The minimum atomic E-state index is -1.37. The van der Waals surface area contributed by atoms with Gasteiger partial charge in [-0.1, -0.05) is 79.7 Å². The van der Waals surface area contributed by atoms with Crippen LogP contribution in [-0.2, 0) is 14.3 Å². The fourth-order valence-electron chi connectivity index (χ4n) is 9.95. The summed E-state index contributed by atoms with van der Waals surface area (Å²) in [6.07, 6.45) is 2.38. The van der Waals surface area contributed by atoms with Gasteiger partial charge in [-0.25, -0.2) is 9.59 Å². The van der Waals surface area contributed by atoms with Gasteiger partial charge >= 0.3 is 11.7 Å². The molecule has 0 amide bonds. The van der Waals surface area contributed by atoms with Crippen molar-refractivity contribution in [3.05, 3.63) is 154 Å². The van der Waals surface area contributed by atoms with Gasteiger partial charge in [0.15, 0.2) is 6.23 Å². The number of aliphatic hydroxyl groups excluding tert-OH is 2. The molecule has 70 heavy (non-hydrogen) atoms. The lowest BCUT2D eigenvalue weighted by Crippen LogP contribution is -2.63. The minimum Gasteiger partial charge on any atom is -0.508 e. The number of piperidine rings is 4. The Labute approximate surface area is 405 Å². The number of para-hydroxylation sites is 1. The Morgan fingerprint density at radius 1 is 0.871 bits per heavy atom. The third-order valence-corrected chi connectivity index (χ3v) is 13.5. The molecule has 4 aromatic carbocycles. The predicted molar refractivity (Wildman–Crippen MR) is 262 cm³/mol. The minimum absolute atomic E-state index is 0.0356. The van der Waals surface area contributed by atoms with E-state index in [1.165, 1.54) is 18.1 Å². The Balaban J connectivity index is 0.000000146. The Bertz CT molecular complexity index is 2850. The summed E-state index contributed by atoms with van der Waals surface area (Å²) in [6.45, 7) is 5.81. The van der Waals surface area contributed by atoms with Gasteiger partial charge in [0.1, 0.15) is 42.2 Å². The Morgan fingerprint density at radius 3 is 2.20 bits per heavy atom. The first kappa shape index (κ1) is 49.7. The molecule has 16 heteroatoms. The van der Waals surface area contributed by atoms with Gasteiger partial charge in [-0.2, -0.15) is 9.37 Å². The van der Waals surface area contributed by atoms with Crippen molar-refractivity contribution >= 4 is 33.8 Å². The highest BCUT2D eigenvalue weighted by Crippen LogP contribution is 2.43. The van der Waals surface area contributed by atoms with E-state index in [2.05, 4.69) is 69.2 Å². The normalized spacial score (nSPS) is 24.8. The van der Waals surface area contributed by atoms with Gasteiger partial charge in [0.25, 0.3) is 5.88 Å². The Morgan fingerprint density at radius 2 is 1.56 bits per heavy atom. The van der Waals surface area contributed by atoms with E-state index >= 15 is 0 Å². The third-order valence-electron chi connectivity index (χ3n) is 13.5. The van der Waals surface area contributed by atoms with E-state index in [1.54, 1.807) is 12.3 Å². The van der Waals surface area contributed by atoms with Gasteiger partial charge in [0.05, 0.1) is 24.4 Å². The maximum absolute atomic E-state index is 13.1. The lowest BCUT2D eigenvalue weighted by atomic mass is 9.72. The first-order valence-corrected chi connectivity index (χ1v) is 23.7. The van der Waals surface area contributed by atoms with Crippen LogP contribution in [0.4, 0.5) is 4.39 Å². The number of likely N-dealkylation sites (N-methyl/N-ethyl adjacent to an activating group) is 1. The summed E-state index contributed by atoms with van der Waals surface area (Å²) in [4.78, 5) is 46.5. The van der Waals surface area contributed by atoms with Crippen molar-refractivity contribution < 1.29 is 48.6 Å². The fraction of sp³-hybridized carbons (Fsp3) is 0.370. The topological polar surface area (TPSA) is 200 Å². The number of nitrogens with zero attached hydrogens (tertiary/aromatic N) is 4. The molecule has 368 valence electrons. The number of carbonyl (C=O) groups excluding carboxylic acids is 2. The molecule has 5 saturated heterocycles. The number of ether oxygens (including phenoxy) is 3. The van der Waals surface area contributed by atoms with Crippen LogP contribution in [0, 0.1) is 11.7 Å². The summed E-state index contributed by atoms with van der Waals surface area (Å²) < 4.78 is 30.6. The van der Waals surface area contributed by atoms with Crippen LogP contribution in [0.25, 0.3) is 22.0 Å². The summed E-state index contributed by atoms with van der Waals surface area (Å²) in [5, 5.41) is 38.9. The number of rotatable bonds is 11. The number of aromatic nitrogens is 3. The second-order valence-electron chi connectivity index (χ2n) is 18.5. The Hall–Kier alpha value is -6.69. The molecule has 0 saturated carbocycles. The van der Waals surface area contributed by atoms with Crippen molar-refractivity contribution in [2.75, 3.05) is 33.8 Å². The number of aliphatic hydroxyl groups is 2. The van der Waals surface area contributed by atoms with Crippen LogP contribution in [-0.4, -0.2) is 127 Å². The molecule has 15 nitrogen and oxygen atoms in total. The van der Waals surface area contributed by atoms with E-state index in [1.807, 2.05) is 68.7 Å². The van der Waals surface area contributed by atoms with Crippen LogP contribution in [0.2, 0.25) is 0 Å². The molecule has 0 spiro atoms. The Kier molecular flexibility index (Phi) is 15.6. The van der Waals surface area contributed by atoms with E-state index in [9.17, 15) is 34.1 Å². The number of fused-ring (bicyclic) bond motifs is 2. The number of aromatic amines is 1. The van der Waals surface area contributed by atoms with Gasteiger partial charge in [0, 0.05) is 54.5 Å². The summed E-state index contributed by atoms with van der Waals surface area (Å²) in [5.41, 5.74) is 6.27. The number of benzene rings is 4. The smallest absolute Gasteiger partial charge is 0.353 e. The number of H-pyrrole nitrogens is 1. The zero-order chi connectivity index (χ0) is 49.6. The number of esters is 1. The first-order chi connectivity index (χ1) is 33.7. The summed E-state index contributed by atoms with van der Waals surface area (Å²) in [6, 6.07) is 34.7. The quantitative estimate of drug-likeness (QED) is 0.0661. The molecule has 0 aliphatic carbocycles. The highest BCUT2D eigenvalue weighted by Gasteiger charge is 2.49. The lowest BCUT2D eigenvalue weighted by Gasteiger charge is -2.54. The molecule has 2 aromatic heterocycles. The van der Waals surface area contributed by atoms with Gasteiger partial charge in [-0.05, 0) is 98.4 Å². The summed E-state index contributed by atoms with van der Waals surface area (Å²) in [5.74, 6) is -0.599. The average Bonchev–Trinajstić information content (AvgIpc) is 3.89. The van der Waals surface area contributed by atoms with Crippen LogP contribution < -0.4 is 10.4 Å². The molecule has 5 aliphatic heterocycles. The van der Waals surface area contributed by atoms with Gasteiger partial charge in [-0.3, -0.25) is 14.3 Å². The van der Waals surface area contributed by atoms with Crippen LogP contribution in [0.5, 0.6) is 17.4 Å². The molecule has 0 radical (unpaired) electrons. The molecule has 5 aliphatic rings. The van der Waals surface area contributed by atoms with E-state index < -0.39 is 41.9 Å². The maximum Gasteiger partial charge on any atom is 0.353 e. The summed E-state index contributed by atoms with van der Waals surface area (Å²) in [7, 11) is 4.07. The zero-order valence-corrected chi connectivity index (χ0v) is 39.7. The zero-order valence-electron chi connectivity index (χ0n) is 39.7. The molecular formula is C54H60FN5O10. The highest BCUT2D eigenvalue weighted by molar-refractivity contribution is 6.04. The van der Waals surface area contributed by atoms with Crippen molar-refractivity contribution in [2.24, 2.45) is 5.92 Å². The van der Waals surface area contributed by atoms with E-state index in [-0.39, 0.29) is 23.7 Å². The maximum atomic E-state index is 13.1. The number of aromatic hydroxyl groups is 2. The highest BCUT2D eigenvalue weighted by atomic mass is 19.1. The van der Waals surface area contributed by atoms with Crippen molar-refractivity contribution in [2.45, 2.75) is 88.7 Å². The third kappa shape index (κ3) is 11.2. The number of halogens is 1. The molecule has 9 atom stereocenters. The molecule has 5 N–H and O–H groups in total. The number of hydrogen-bond donors (Lipinski definition) is 5. The van der Waals surface area contributed by atoms with Crippen LogP contribution >= 0.6 is 0 Å². The molecular weight excluding hydrogens is 898 g/mol. The van der Waals surface area contributed by atoms with Gasteiger partial charge in [0.2, 0.25) is 5.82 Å². The number of allylic oxidation sites excluding steroid dienone is 1. The fourth-order valence-corrected chi connectivity index (χ4v) is 9.95. The second-order valence-corrected chi connectivity index (χ2v) is 18.5. The van der Waals surface area contributed by atoms with Crippen LogP contribution in [0.15, 0.2) is 120 Å². The molecule has 5 fully saturated rings. The van der Waals surface area contributed by atoms with Gasteiger partial charge < -0.3 is 44.5 Å². The summed E-state index contributed by atoms with van der Waals surface area (Å²) >= 11 is 0. The van der Waals surface area contributed by atoms with Gasteiger partial charge in [-0.15, -0.1) is 0 Å². The SMILES string of the molecule is CC/C(=C(/c1ccc(OCCN(C)C)cc1)c1cccc(O)c1)c1ccccc1.C[C@H]1O[C@@H](n2cc(F)c(O)nc2=O)[C@H](O)[C@@H]1O.O=C(O[C@H]1C[C@@H]2C[C@@H]3C[C@H](C1)N2CC3=O)c1c[nH]c2ccccc12. The predicted octanol–water partition coefficient (Wildman–Crippen LogP) is 6.95. The number of Topliss-reactive ketones (excluding diaryl/α,β-unsaturated/α-hetero) is 1. The average molecular weight is 958 g/mol. The number of nitrogens with one attached hydrogen (secondary N) is 1. The second kappa shape index (κ2) is 21.9. The largest absolute Gasteiger partial charge is 0.508 e. The molecule has 11 rings (SSSR count). The van der Waals surface area contributed by atoms with Crippen molar-refractivity contribution in [1.82, 2.24) is 24.3 Å². The molecule has 7 heterocycles. The van der Waals surface area contributed by atoms with E-state index in [0.717, 1.165) is 72.0 Å². The van der Waals surface area contributed by atoms with Crippen LogP contribution in [0.3, 0.4) is 0 Å². The first-order valence-electron chi connectivity index (χ1n) is 23.7. The standard InChI is InChI=1S/C26H29NO2.C19H20N2O3.C9H11FN2O5/c1-4-25(20-9-6-5-7-10-20)26(22-11-8-12-23(28)19-22)21-13-15-24(16-14-21)29-18-17-27(2)3;22-18-10-21-12-5-11(18)6-13(21)8-14(7-12)24-19(23)16-9-20-17-4-2-1-3-15(16)17;1-3-5(13)6(14)8(17-3)12-2-4(10)7(15)11-9(12)16/h5-16,19,28H,4,17-18H2,1-3H3;1-4,9,11-14,20H,5-8,10H2;2-3,5-6,8,13-14H,1H3,(H,11,15,16)/b26-25+;;/t;11-,12+,13-,14+;3-,5-,6-,8-/m..1/s1. The number of phenols is 1. The molecule has 4 bridgehead atoms. The van der Waals surface area contributed by atoms with E-state index in [0.29, 0.717) is 47.3 Å². The number of phenolic OH excluding ortho intramolecular Hbond substituents is 1. The van der Waals surface area contributed by atoms with Crippen molar-refractivity contribution in [3.8, 4) is 17.4 Å². The lowest BCUT2D eigenvalue weighted by molar-refractivity contribution is -0.145. The monoisotopic (exact) mass is 957 g/mol. The van der Waals surface area contributed by atoms with Crippen molar-refractivity contribution in [1.29, 1.82) is 0 Å². The number of carbonyl (C=O) groups is 2. The van der Waals surface area contributed by atoms with E-state index in [4.69, 9.17) is 19.3 Å². The van der Waals surface area contributed by atoms with Crippen LogP contribution in [0.1, 0.15) is 79.2 Å².